The maximum absolute atomic E-state index is 14.2. The summed E-state index contributed by atoms with van der Waals surface area (Å²) in [4.78, 5) is 2.44. The van der Waals surface area contributed by atoms with Gasteiger partial charge in [-0.15, -0.1) is 0 Å². The van der Waals surface area contributed by atoms with E-state index in [0.29, 0.717) is 24.4 Å². The number of phenolic OH excluding ortho intramolecular Hbond substituents is 1. The molecule has 1 aliphatic heterocycles. The highest BCUT2D eigenvalue weighted by atomic mass is 32.2. The highest BCUT2D eigenvalue weighted by Crippen LogP contribution is 2.41. The summed E-state index contributed by atoms with van der Waals surface area (Å²) in [6.45, 7) is 1.91. The number of alkyl halides is 5. The second kappa shape index (κ2) is 16.9. The maximum atomic E-state index is 14.2. The largest absolute Gasteiger partial charge is 0.508 e. The number of phenols is 1. The van der Waals surface area contributed by atoms with Gasteiger partial charge < -0.3 is 10.0 Å². The smallest absolute Gasteiger partial charge is 0.453 e. The van der Waals surface area contributed by atoms with Gasteiger partial charge in [0.15, 0.2) is 11.6 Å². The van der Waals surface area contributed by atoms with Gasteiger partial charge in [0, 0.05) is 12.5 Å². The van der Waals surface area contributed by atoms with Gasteiger partial charge in [0.1, 0.15) is 15.6 Å². The monoisotopic (exact) mass is 705 g/mol. The van der Waals surface area contributed by atoms with Gasteiger partial charge in [-0.05, 0) is 136 Å². The van der Waals surface area contributed by atoms with Crippen molar-refractivity contribution in [3.63, 3.8) is 0 Å². The van der Waals surface area contributed by atoms with E-state index in [-0.39, 0.29) is 11.5 Å². The number of halogens is 7. The number of hydrogen-bond donors (Lipinski definition) is 1. The summed E-state index contributed by atoms with van der Waals surface area (Å²) >= 11 is 0. The number of aryl methyl sites for hydroxylation is 1. The van der Waals surface area contributed by atoms with Crippen LogP contribution in [0.1, 0.15) is 107 Å². The molecule has 1 fully saturated rings. The van der Waals surface area contributed by atoms with Crippen LogP contribution in [0.2, 0.25) is 0 Å². The minimum atomic E-state index is -5.67. The van der Waals surface area contributed by atoms with Crippen molar-refractivity contribution in [2.45, 2.75) is 114 Å². The van der Waals surface area contributed by atoms with Crippen LogP contribution in [0.5, 0.6) is 5.75 Å². The number of allylic oxidation sites excluding steroid dienone is 2. The van der Waals surface area contributed by atoms with Crippen LogP contribution >= 0.6 is 0 Å². The third-order valence-corrected chi connectivity index (χ3v) is 11.5. The van der Waals surface area contributed by atoms with Gasteiger partial charge in [-0.3, -0.25) is 0 Å². The molecule has 0 saturated carbocycles. The summed E-state index contributed by atoms with van der Waals surface area (Å²) in [5.41, 5.74) is 4.95. The predicted molar refractivity (Wildman–Crippen MR) is 175 cm³/mol. The Hall–Kier alpha value is -2.60. The second-order valence-corrected chi connectivity index (χ2v) is 15.5. The lowest BCUT2D eigenvalue weighted by Gasteiger charge is -2.24. The lowest BCUT2D eigenvalue weighted by atomic mass is 9.89. The number of unbranched alkanes of at least 4 members (excludes halogenated alkanes) is 4. The molecule has 2 aromatic rings. The van der Waals surface area contributed by atoms with Crippen molar-refractivity contribution in [2.75, 3.05) is 24.6 Å². The normalized spacial score (nSPS) is 17.9. The van der Waals surface area contributed by atoms with E-state index in [1.807, 2.05) is 6.07 Å². The molecular weight excluding hydrogens is 659 g/mol. The summed E-state index contributed by atoms with van der Waals surface area (Å²) in [5.74, 6) is -7.29. The molecular formula is C36H46F7NO3S. The summed E-state index contributed by atoms with van der Waals surface area (Å²) in [6.07, 6.45) is 3.08. The molecule has 1 heterocycles. The quantitative estimate of drug-likeness (QED) is 0.132. The molecule has 1 atom stereocenters. The number of fused-ring (bicyclic) bond motifs is 1. The number of hydrogen-bond acceptors (Lipinski definition) is 4. The van der Waals surface area contributed by atoms with E-state index in [1.54, 1.807) is 18.2 Å². The predicted octanol–water partition coefficient (Wildman–Crippen LogP) is 9.90. The van der Waals surface area contributed by atoms with E-state index in [0.717, 1.165) is 106 Å². The Morgan fingerprint density at radius 2 is 1.56 bits per heavy atom. The van der Waals surface area contributed by atoms with Crippen molar-refractivity contribution >= 4 is 21.0 Å². The van der Waals surface area contributed by atoms with Crippen LogP contribution in [0.3, 0.4) is 0 Å². The van der Waals surface area contributed by atoms with Gasteiger partial charge in [0.05, 0.1) is 11.5 Å². The number of likely N-dealkylation sites (tertiary alicyclic amines) is 1. The fraction of sp³-hybridized carbons (Fsp3) is 0.611. The molecule has 48 heavy (non-hydrogen) atoms. The Morgan fingerprint density at radius 3 is 2.31 bits per heavy atom. The molecule has 0 unspecified atom stereocenters. The SMILES string of the molecule is O=S(=O)(CCCC[C@@H]1CCCN1CCCCCCC1=C(c2ccc(F)c(F)c2)CCCc2cc(O)ccc21)CCCC(F)(F)C(F)(F)F. The Labute approximate surface area is 279 Å². The Balaban J connectivity index is 1.21. The van der Waals surface area contributed by atoms with Gasteiger partial charge in [-0.2, -0.15) is 22.0 Å². The minimum Gasteiger partial charge on any atom is -0.508 e. The topological polar surface area (TPSA) is 57.6 Å². The maximum Gasteiger partial charge on any atom is 0.453 e. The van der Waals surface area contributed by atoms with Crippen molar-refractivity contribution in [3.05, 3.63) is 64.7 Å². The van der Waals surface area contributed by atoms with Crippen molar-refractivity contribution in [1.82, 2.24) is 4.90 Å². The lowest BCUT2D eigenvalue weighted by Crippen LogP contribution is -2.36. The molecule has 4 rings (SSSR count). The summed E-state index contributed by atoms with van der Waals surface area (Å²) in [5, 5.41) is 10.1. The van der Waals surface area contributed by atoms with Crippen molar-refractivity contribution < 1.29 is 44.3 Å². The van der Waals surface area contributed by atoms with Crippen LogP contribution in [0.4, 0.5) is 30.7 Å². The molecule has 0 radical (unpaired) electrons. The standard InChI is InChI=1S/C36H46F7NO3S/c37-33-18-15-27(25-34(33)38)30-14-7-10-26-24-29(45)16-17-31(26)32(30)13-3-1-2-5-20-44-21-8-12-28(44)11-4-6-22-48(46,47)23-9-19-35(39,40)36(41,42)43/h15-18,24-25,28,45H,1-14,19-23H2/t28-/m1/s1. The molecule has 2 aromatic carbocycles. The average Bonchev–Trinajstić information content (AvgIpc) is 3.37. The number of sulfone groups is 1. The highest BCUT2D eigenvalue weighted by molar-refractivity contribution is 7.91. The molecule has 268 valence electrons. The molecule has 0 bridgehead atoms. The van der Waals surface area contributed by atoms with E-state index in [4.69, 9.17) is 0 Å². The van der Waals surface area contributed by atoms with E-state index in [2.05, 4.69) is 4.90 Å². The van der Waals surface area contributed by atoms with Gasteiger partial charge in [0.2, 0.25) is 0 Å². The van der Waals surface area contributed by atoms with Crippen LogP contribution in [0.25, 0.3) is 11.1 Å². The first kappa shape index (κ1) is 38.2. The van der Waals surface area contributed by atoms with Gasteiger partial charge in [0.25, 0.3) is 0 Å². The Morgan fingerprint density at radius 1 is 0.812 bits per heavy atom. The molecule has 12 heteroatoms. The molecule has 2 aliphatic rings. The highest BCUT2D eigenvalue weighted by Gasteiger charge is 2.56. The first-order chi connectivity index (χ1) is 22.7. The zero-order valence-electron chi connectivity index (χ0n) is 27.2. The van der Waals surface area contributed by atoms with Gasteiger partial charge in [-0.25, -0.2) is 17.2 Å². The molecule has 1 aliphatic carbocycles. The van der Waals surface area contributed by atoms with E-state index >= 15 is 0 Å². The summed E-state index contributed by atoms with van der Waals surface area (Å²) in [6, 6.07) is 9.82. The summed E-state index contributed by atoms with van der Waals surface area (Å²) < 4.78 is 115. The zero-order valence-corrected chi connectivity index (χ0v) is 28.1. The molecule has 0 aromatic heterocycles. The van der Waals surface area contributed by atoms with Crippen molar-refractivity contribution in [2.24, 2.45) is 0 Å². The Kier molecular flexibility index (Phi) is 13.4. The lowest BCUT2D eigenvalue weighted by molar-refractivity contribution is -0.284. The average molecular weight is 706 g/mol. The Bertz CT molecular complexity index is 1510. The number of rotatable bonds is 17. The first-order valence-electron chi connectivity index (χ1n) is 17.1. The minimum absolute atomic E-state index is 0.211. The molecule has 0 amide bonds. The van der Waals surface area contributed by atoms with Crippen LogP contribution in [0, 0.1) is 11.6 Å². The van der Waals surface area contributed by atoms with E-state index in [1.165, 1.54) is 12.1 Å². The number of nitrogens with zero attached hydrogens (tertiary/aromatic N) is 1. The molecule has 1 saturated heterocycles. The third-order valence-electron chi connectivity index (χ3n) is 9.64. The van der Waals surface area contributed by atoms with Crippen molar-refractivity contribution in [3.8, 4) is 5.75 Å². The van der Waals surface area contributed by atoms with Crippen molar-refractivity contribution in [1.29, 1.82) is 0 Å². The number of aromatic hydroxyl groups is 1. The second-order valence-electron chi connectivity index (χ2n) is 13.2. The zero-order chi connectivity index (χ0) is 35.0. The van der Waals surface area contributed by atoms with Crippen LogP contribution < -0.4 is 0 Å². The number of benzene rings is 2. The molecule has 4 nitrogen and oxygen atoms in total. The molecule has 0 spiro atoms. The third kappa shape index (κ3) is 10.7. The van der Waals surface area contributed by atoms with E-state index < -0.39 is 52.2 Å². The van der Waals surface area contributed by atoms with Gasteiger partial charge >= 0.3 is 12.1 Å². The summed E-state index contributed by atoms with van der Waals surface area (Å²) in [7, 11) is -3.69. The fourth-order valence-corrected chi connectivity index (χ4v) is 8.52. The molecule has 1 N–H and O–H groups in total. The van der Waals surface area contributed by atoms with Crippen LogP contribution in [-0.2, 0) is 16.3 Å². The van der Waals surface area contributed by atoms with Gasteiger partial charge in [-0.1, -0.05) is 31.4 Å². The van der Waals surface area contributed by atoms with E-state index in [9.17, 15) is 44.3 Å². The van der Waals surface area contributed by atoms with Crippen LogP contribution in [0.15, 0.2) is 36.4 Å². The fourth-order valence-electron chi connectivity index (χ4n) is 7.08. The first-order valence-corrected chi connectivity index (χ1v) is 18.9. The van der Waals surface area contributed by atoms with Crippen LogP contribution in [-0.4, -0.2) is 61.2 Å².